The number of methoxy groups -OCH3 is 1. The second-order valence-corrected chi connectivity index (χ2v) is 6.69. The van der Waals surface area contributed by atoms with Crippen molar-refractivity contribution >= 4 is 5.96 Å². The van der Waals surface area contributed by atoms with Crippen molar-refractivity contribution in [3.63, 3.8) is 0 Å². The summed E-state index contributed by atoms with van der Waals surface area (Å²) in [6.07, 6.45) is 1.70. The van der Waals surface area contributed by atoms with Crippen molar-refractivity contribution in [1.82, 2.24) is 10.2 Å². The summed E-state index contributed by atoms with van der Waals surface area (Å²) in [5.41, 5.74) is 1.16. The molecule has 2 aliphatic heterocycles. The smallest absolute Gasteiger partial charge is 0.193 e. The molecule has 2 aliphatic rings. The Kier molecular flexibility index (Phi) is 5.26. The van der Waals surface area contributed by atoms with Crippen LogP contribution in [0.2, 0.25) is 0 Å². The Balaban J connectivity index is 1.54. The first-order valence-corrected chi connectivity index (χ1v) is 8.51. The van der Waals surface area contributed by atoms with E-state index >= 15 is 0 Å². The molecule has 0 aromatic heterocycles. The normalized spacial score (nSPS) is 25.3. The highest BCUT2D eigenvalue weighted by Gasteiger charge is 2.42. The van der Waals surface area contributed by atoms with Crippen LogP contribution in [0.15, 0.2) is 29.3 Å². The summed E-state index contributed by atoms with van der Waals surface area (Å²) in [4.78, 5) is 6.65. The lowest BCUT2D eigenvalue weighted by Gasteiger charge is -2.25. The Bertz CT molecular complexity index is 567. The SMILES string of the molecule is CN=C(NCC(O)c1ccc(OC)cc1)N1CCC2(CCOC2)C1. The number of ether oxygens (including phenoxy) is 2. The molecule has 2 atom stereocenters. The summed E-state index contributed by atoms with van der Waals surface area (Å²) in [7, 11) is 3.42. The van der Waals surface area contributed by atoms with Crippen LogP contribution in [0.1, 0.15) is 24.5 Å². The molecule has 1 aromatic rings. The van der Waals surface area contributed by atoms with Crippen molar-refractivity contribution in [3.8, 4) is 5.75 Å². The van der Waals surface area contributed by atoms with Gasteiger partial charge in [0.2, 0.25) is 0 Å². The minimum atomic E-state index is -0.584. The first-order valence-electron chi connectivity index (χ1n) is 8.51. The molecule has 1 aromatic carbocycles. The van der Waals surface area contributed by atoms with E-state index in [4.69, 9.17) is 9.47 Å². The number of hydrogen-bond donors (Lipinski definition) is 2. The van der Waals surface area contributed by atoms with E-state index in [9.17, 15) is 5.11 Å². The molecule has 1 spiro atoms. The second-order valence-electron chi connectivity index (χ2n) is 6.69. The molecular formula is C18H27N3O3. The van der Waals surface area contributed by atoms with Crippen molar-refractivity contribution in [2.24, 2.45) is 10.4 Å². The topological polar surface area (TPSA) is 66.3 Å². The zero-order valence-electron chi connectivity index (χ0n) is 14.5. The monoisotopic (exact) mass is 333 g/mol. The molecule has 2 unspecified atom stereocenters. The van der Waals surface area contributed by atoms with Crippen molar-refractivity contribution < 1.29 is 14.6 Å². The van der Waals surface area contributed by atoms with Gasteiger partial charge in [-0.15, -0.1) is 0 Å². The molecule has 0 amide bonds. The van der Waals surface area contributed by atoms with Crippen molar-refractivity contribution in [2.45, 2.75) is 18.9 Å². The molecule has 2 saturated heterocycles. The van der Waals surface area contributed by atoms with Crippen LogP contribution in [0, 0.1) is 5.41 Å². The van der Waals surface area contributed by atoms with Gasteiger partial charge in [-0.2, -0.15) is 0 Å². The quantitative estimate of drug-likeness (QED) is 0.644. The van der Waals surface area contributed by atoms with Gasteiger partial charge in [-0.3, -0.25) is 4.99 Å². The van der Waals surface area contributed by atoms with E-state index in [1.54, 1.807) is 14.2 Å². The molecule has 2 fully saturated rings. The summed E-state index contributed by atoms with van der Waals surface area (Å²) in [6.45, 7) is 4.12. The highest BCUT2D eigenvalue weighted by Crippen LogP contribution is 2.38. The van der Waals surface area contributed by atoms with Crippen molar-refractivity contribution in [3.05, 3.63) is 29.8 Å². The average Bonchev–Trinajstić information content (AvgIpc) is 3.26. The Hall–Kier alpha value is -1.79. The van der Waals surface area contributed by atoms with Crippen molar-refractivity contribution in [2.75, 3.05) is 47.0 Å². The van der Waals surface area contributed by atoms with Crippen LogP contribution >= 0.6 is 0 Å². The van der Waals surface area contributed by atoms with Gasteiger partial charge in [0.05, 0.1) is 19.8 Å². The van der Waals surface area contributed by atoms with Gasteiger partial charge >= 0.3 is 0 Å². The Labute approximate surface area is 143 Å². The number of nitrogens with one attached hydrogen (secondary N) is 1. The van der Waals surface area contributed by atoms with E-state index in [1.807, 2.05) is 24.3 Å². The fourth-order valence-electron chi connectivity index (χ4n) is 3.55. The Morgan fingerprint density at radius 3 is 2.83 bits per heavy atom. The molecule has 0 radical (unpaired) electrons. The maximum absolute atomic E-state index is 10.4. The van der Waals surface area contributed by atoms with Gasteiger partial charge in [-0.1, -0.05) is 12.1 Å². The summed E-state index contributed by atoms with van der Waals surface area (Å²) < 4.78 is 10.7. The van der Waals surface area contributed by atoms with E-state index in [-0.39, 0.29) is 0 Å². The summed E-state index contributed by atoms with van der Waals surface area (Å²) in [5.74, 6) is 1.64. The number of guanidine groups is 1. The van der Waals surface area contributed by atoms with Gasteiger partial charge in [0.25, 0.3) is 0 Å². The highest BCUT2D eigenvalue weighted by molar-refractivity contribution is 5.80. The molecule has 2 heterocycles. The lowest BCUT2D eigenvalue weighted by Crippen LogP contribution is -2.42. The lowest BCUT2D eigenvalue weighted by molar-refractivity contribution is 0.156. The third kappa shape index (κ3) is 3.65. The predicted octanol–water partition coefficient (Wildman–Crippen LogP) is 1.42. The summed E-state index contributed by atoms with van der Waals surface area (Å²) in [6, 6.07) is 7.48. The number of nitrogens with zero attached hydrogens (tertiary/aromatic N) is 2. The van der Waals surface area contributed by atoms with Crippen LogP contribution in [-0.2, 0) is 4.74 Å². The maximum Gasteiger partial charge on any atom is 0.193 e. The van der Waals surface area contributed by atoms with Gasteiger partial charge in [0.1, 0.15) is 5.75 Å². The molecule has 24 heavy (non-hydrogen) atoms. The summed E-state index contributed by atoms with van der Waals surface area (Å²) >= 11 is 0. The fraction of sp³-hybridized carbons (Fsp3) is 0.611. The molecule has 0 aliphatic carbocycles. The maximum atomic E-state index is 10.4. The van der Waals surface area contributed by atoms with Gasteiger partial charge in [0.15, 0.2) is 5.96 Å². The zero-order valence-corrected chi connectivity index (χ0v) is 14.5. The highest BCUT2D eigenvalue weighted by atomic mass is 16.5. The van der Waals surface area contributed by atoms with E-state index < -0.39 is 6.10 Å². The van der Waals surface area contributed by atoms with Crippen molar-refractivity contribution in [1.29, 1.82) is 0 Å². The van der Waals surface area contributed by atoms with E-state index in [0.29, 0.717) is 12.0 Å². The van der Waals surface area contributed by atoms with Gasteiger partial charge in [0, 0.05) is 38.7 Å². The van der Waals surface area contributed by atoms with E-state index in [2.05, 4.69) is 15.2 Å². The van der Waals surface area contributed by atoms with E-state index in [0.717, 1.165) is 56.4 Å². The first-order chi connectivity index (χ1) is 11.7. The van der Waals surface area contributed by atoms with Crippen LogP contribution < -0.4 is 10.1 Å². The second kappa shape index (κ2) is 7.40. The lowest BCUT2D eigenvalue weighted by atomic mass is 9.87. The largest absolute Gasteiger partial charge is 0.497 e. The fourth-order valence-corrected chi connectivity index (χ4v) is 3.55. The van der Waals surface area contributed by atoms with Crippen LogP contribution in [0.25, 0.3) is 0 Å². The molecule has 3 rings (SSSR count). The first kappa shape index (κ1) is 17.0. The Morgan fingerprint density at radius 2 is 2.21 bits per heavy atom. The molecule has 6 heteroatoms. The minimum Gasteiger partial charge on any atom is -0.497 e. The molecule has 6 nitrogen and oxygen atoms in total. The zero-order chi connectivity index (χ0) is 17.0. The van der Waals surface area contributed by atoms with Crippen LogP contribution in [-0.4, -0.2) is 63.0 Å². The predicted molar refractivity (Wildman–Crippen MR) is 93.4 cm³/mol. The van der Waals surface area contributed by atoms with Crippen LogP contribution in [0.3, 0.4) is 0 Å². The molecule has 132 valence electrons. The number of aliphatic imine (C=N–C) groups is 1. The number of hydrogen-bond acceptors (Lipinski definition) is 4. The van der Waals surface area contributed by atoms with Gasteiger partial charge < -0.3 is 24.8 Å². The third-order valence-electron chi connectivity index (χ3n) is 5.09. The molecular weight excluding hydrogens is 306 g/mol. The van der Waals surface area contributed by atoms with Gasteiger partial charge in [-0.05, 0) is 30.5 Å². The number of aliphatic hydroxyl groups excluding tert-OH is 1. The molecule has 0 saturated carbocycles. The number of benzene rings is 1. The van der Waals surface area contributed by atoms with E-state index in [1.165, 1.54) is 0 Å². The molecule has 0 bridgehead atoms. The standard InChI is InChI=1S/C18H27N3O3/c1-19-17(21-9-7-18(12-21)8-10-24-13-18)20-11-16(22)14-3-5-15(23-2)6-4-14/h3-6,16,22H,7-13H2,1-2H3,(H,19,20). The Morgan fingerprint density at radius 1 is 1.42 bits per heavy atom. The molecule has 2 N–H and O–H groups in total. The summed E-state index contributed by atoms with van der Waals surface area (Å²) in [5, 5.41) is 13.7. The third-order valence-corrected chi connectivity index (χ3v) is 5.09. The van der Waals surface area contributed by atoms with Crippen LogP contribution in [0.5, 0.6) is 5.75 Å². The van der Waals surface area contributed by atoms with Gasteiger partial charge in [-0.25, -0.2) is 0 Å². The number of aliphatic hydroxyl groups is 1. The van der Waals surface area contributed by atoms with Crippen LogP contribution in [0.4, 0.5) is 0 Å². The average molecular weight is 333 g/mol. The minimum absolute atomic E-state index is 0.298. The number of likely N-dealkylation sites (tertiary alicyclic amines) is 1. The number of rotatable bonds is 4.